The van der Waals surface area contributed by atoms with Gasteiger partial charge in [0.05, 0.1) is 17.1 Å². The van der Waals surface area contributed by atoms with Gasteiger partial charge < -0.3 is 24.8 Å². The third kappa shape index (κ3) is 4.48. The van der Waals surface area contributed by atoms with Crippen molar-refractivity contribution in [3.63, 3.8) is 0 Å². The summed E-state index contributed by atoms with van der Waals surface area (Å²) in [5.41, 5.74) is 2.34. The second kappa shape index (κ2) is 8.21. The van der Waals surface area contributed by atoms with Crippen molar-refractivity contribution >= 4 is 23.5 Å². The van der Waals surface area contributed by atoms with Crippen molar-refractivity contribution in [2.45, 2.75) is 26.9 Å². The number of benzene rings is 1. The van der Waals surface area contributed by atoms with Gasteiger partial charge in [-0.15, -0.1) is 0 Å². The van der Waals surface area contributed by atoms with Gasteiger partial charge in [0.15, 0.2) is 17.6 Å². The fourth-order valence-corrected chi connectivity index (χ4v) is 2.76. The molecule has 0 unspecified atom stereocenters. The number of amides is 2. The molecule has 0 radical (unpaired) electrons. The van der Waals surface area contributed by atoms with Crippen molar-refractivity contribution in [3.05, 3.63) is 35.2 Å². The molecule has 0 bridgehead atoms. The lowest BCUT2D eigenvalue weighted by atomic mass is 10.2. The maximum atomic E-state index is 12.3. The number of carbonyl (C=O) groups is 3. The van der Waals surface area contributed by atoms with Gasteiger partial charge in [-0.25, -0.2) is 0 Å². The second-order valence-electron chi connectivity index (χ2n) is 6.54. The lowest BCUT2D eigenvalue weighted by molar-refractivity contribution is -0.152. The summed E-state index contributed by atoms with van der Waals surface area (Å²) in [6.45, 7) is 4.76. The van der Waals surface area contributed by atoms with Crippen molar-refractivity contribution < 1.29 is 28.6 Å². The average molecular weight is 402 g/mol. The number of carbonyl (C=O) groups excluding carboxylic acids is 3. The Labute approximate surface area is 167 Å². The monoisotopic (exact) mass is 402 g/mol. The van der Waals surface area contributed by atoms with Crippen molar-refractivity contribution in [1.82, 2.24) is 15.1 Å². The molecule has 1 atom stereocenters. The minimum absolute atomic E-state index is 0.102. The summed E-state index contributed by atoms with van der Waals surface area (Å²) in [4.78, 5) is 36.5. The lowest BCUT2D eigenvalue weighted by Crippen LogP contribution is -2.36. The van der Waals surface area contributed by atoms with Crippen molar-refractivity contribution in [2.75, 3.05) is 18.7 Å². The van der Waals surface area contributed by atoms with E-state index in [0.29, 0.717) is 28.4 Å². The van der Waals surface area contributed by atoms with Crippen LogP contribution in [0.1, 0.15) is 28.7 Å². The van der Waals surface area contributed by atoms with Gasteiger partial charge >= 0.3 is 5.97 Å². The van der Waals surface area contributed by atoms with Crippen LogP contribution in [0, 0.1) is 13.8 Å². The Kier molecular flexibility index (Phi) is 5.71. The van der Waals surface area contributed by atoms with Crippen LogP contribution >= 0.6 is 0 Å². The van der Waals surface area contributed by atoms with Crippen LogP contribution < -0.4 is 20.1 Å². The average Bonchev–Trinajstić information content (AvgIpc) is 3.25. The van der Waals surface area contributed by atoms with E-state index in [4.69, 9.17) is 14.2 Å². The summed E-state index contributed by atoms with van der Waals surface area (Å²) in [7, 11) is 1.77. The predicted octanol–water partition coefficient (Wildman–Crippen LogP) is 1.07. The van der Waals surface area contributed by atoms with Crippen LogP contribution in [0.3, 0.4) is 0 Å². The number of ether oxygens (including phenoxy) is 3. The smallest absolute Gasteiger partial charge is 0.326 e. The van der Waals surface area contributed by atoms with Gasteiger partial charge in [0.2, 0.25) is 6.79 Å². The molecule has 2 N–H and O–H groups in total. The first-order valence-corrected chi connectivity index (χ1v) is 8.94. The summed E-state index contributed by atoms with van der Waals surface area (Å²) in [5.74, 6) is -0.675. The van der Waals surface area contributed by atoms with E-state index in [1.807, 2.05) is 6.92 Å². The molecule has 1 aliphatic heterocycles. The van der Waals surface area contributed by atoms with Gasteiger partial charge in [0.25, 0.3) is 11.8 Å². The molecule has 1 aromatic carbocycles. The highest BCUT2D eigenvalue weighted by Crippen LogP contribution is 2.32. The topological polar surface area (TPSA) is 121 Å². The molecular formula is C19H22N4O6. The SMILES string of the molecule is Cc1nn(C)c(C)c1NC(=O)[C@H](C)OC(=O)CNC(=O)c1ccc2c(c1)OCO2. The molecule has 10 heteroatoms. The fraction of sp³-hybridized carbons (Fsp3) is 0.368. The van der Waals surface area contributed by atoms with Gasteiger partial charge in [-0.2, -0.15) is 5.10 Å². The summed E-state index contributed by atoms with van der Waals surface area (Å²) in [5, 5.41) is 9.37. The normalized spacial score (nSPS) is 13.0. The highest BCUT2D eigenvalue weighted by molar-refractivity contribution is 5.98. The number of anilines is 1. The first-order valence-electron chi connectivity index (χ1n) is 8.94. The Bertz CT molecular complexity index is 968. The minimum Gasteiger partial charge on any atom is -0.454 e. The molecule has 1 aliphatic rings. The zero-order valence-electron chi connectivity index (χ0n) is 16.6. The van der Waals surface area contributed by atoms with Crippen LogP contribution in [-0.4, -0.2) is 47.0 Å². The molecule has 154 valence electrons. The molecule has 0 spiro atoms. The maximum Gasteiger partial charge on any atom is 0.326 e. The van der Waals surface area contributed by atoms with Crippen LogP contribution in [0.5, 0.6) is 11.5 Å². The molecule has 0 saturated heterocycles. The molecule has 1 aromatic heterocycles. The van der Waals surface area contributed by atoms with E-state index in [0.717, 1.165) is 5.69 Å². The third-order valence-corrected chi connectivity index (χ3v) is 4.46. The molecule has 10 nitrogen and oxygen atoms in total. The van der Waals surface area contributed by atoms with E-state index >= 15 is 0 Å². The zero-order valence-corrected chi connectivity index (χ0v) is 16.6. The van der Waals surface area contributed by atoms with Gasteiger partial charge in [-0.1, -0.05) is 0 Å². The number of hydrogen-bond acceptors (Lipinski definition) is 7. The summed E-state index contributed by atoms with van der Waals surface area (Å²) >= 11 is 0. The number of nitrogens with zero attached hydrogens (tertiary/aromatic N) is 2. The molecule has 0 saturated carbocycles. The fourth-order valence-electron chi connectivity index (χ4n) is 2.76. The van der Waals surface area contributed by atoms with E-state index in [1.54, 1.807) is 30.8 Å². The van der Waals surface area contributed by atoms with E-state index < -0.39 is 23.9 Å². The Morgan fingerprint density at radius 3 is 2.66 bits per heavy atom. The number of hydrogen-bond donors (Lipinski definition) is 2. The van der Waals surface area contributed by atoms with Crippen LogP contribution in [0.2, 0.25) is 0 Å². The van der Waals surface area contributed by atoms with Gasteiger partial charge in [0, 0.05) is 12.6 Å². The molecule has 0 aliphatic carbocycles. The number of nitrogens with one attached hydrogen (secondary N) is 2. The van der Waals surface area contributed by atoms with E-state index in [9.17, 15) is 14.4 Å². The molecule has 0 fully saturated rings. The van der Waals surface area contributed by atoms with Gasteiger partial charge in [-0.3, -0.25) is 19.1 Å². The zero-order chi connectivity index (χ0) is 21.1. The number of aromatic nitrogens is 2. The van der Waals surface area contributed by atoms with Gasteiger partial charge in [0.1, 0.15) is 6.54 Å². The van der Waals surface area contributed by atoms with Crippen molar-refractivity contribution in [1.29, 1.82) is 0 Å². The first kappa shape index (κ1) is 20.2. The van der Waals surface area contributed by atoms with Crippen molar-refractivity contribution in [3.8, 4) is 11.5 Å². The van der Waals surface area contributed by atoms with Crippen LogP contribution in [0.4, 0.5) is 5.69 Å². The van der Waals surface area contributed by atoms with E-state index in [2.05, 4.69) is 15.7 Å². The van der Waals surface area contributed by atoms with Crippen LogP contribution in [0.15, 0.2) is 18.2 Å². The molecule has 29 heavy (non-hydrogen) atoms. The quantitative estimate of drug-likeness (QED) is 0.693. The number of rotatable bonds is 6. The summed E-state index contributed by atoms with van der Waals surface area (Å²) in [6, 6.07) is 4.70. The van der Waals surface area contributed by atoms with Crippen LogP contribution in [0.25, 0.3) is 0 Å². The molecular weight excluding hydrogens is 380 g/mol. The Hall–Kier alpha value is -3.56. The number of fused-ring (bicyclic) bond motifs is 1. The van der Waals surface area contributed by atoms with Crippen molar-refractivity contribution in [2.24, 2.45) is 7.05 Å². The van der Waals surface area contributed by atoms with E-state index in [-0.39, 0.29) is 13.3 Å². The Balaban J connectivity index is 1.49. The predicted molar refractivity (Wildman–Crippen MR) is 102 cm³/mol. The summed E-state index contributed by atoms with van der Waals surface area (Å²) < 4.78 is 17.1. The third-order valence-electron chi connectivity index (χ3n) is 4.46. The largest absolute Gasteiger partial charge is 0.454 e. The highest BCUT2D eigenvalue weighted by Gasteiger charge is 2.22. The molecule has 2 amide bonds. The highest BCUT2D eigenvalue weighted by atomic mass is 16.7. The number of aryl methyl sites for hydroxylation is 2. The lowest BCUT2D eigenvalue weighted by Gasteiger charge is -2.14. The maximum absolute atomic E-state index is 12.3. The first-order chi connectivity index (χ1) is 13.8. The Morgan fingerprint density at radius 2 is 1.97 bits per heavy atom. The van der Waals surface area contributed by atoms with Crippen LogP contribution in [-0.2, 0) is 21.4 Å². The minimum atomic E-state index is -1.04. The summed E-state index contributed by atoms with van der Waals surface area (Å²) in [6.07, 6.45) is -1.04. The Morgan fingerprint density at radius 1 is 1.24 bits per heavy atom. The number of esters is 1. The molecule has 2 heterocycles. The second-order valence-corrected chi connectivity index (χ2v) is 6.54. The standard InChI is InChI=1S/C19H22N4O6/c1-10-17(11(2)23(4)22-10)21-18(25)12(3)29-16(24)8-20-19(26)13-5-6-14-15(7-13)28-9-27-14/h5-7,12H,8-9H2,1-4H3,(H,20,26)(H,21,25)/t12-/m0/s1. The molecule has 2 aromatic rings. The molecule has 3 rings (SSSR count). The van der Waals surface area contributed by atoms with Gasteiger partial charge in [-0.05, 0) is 39.0 Å². The van der Waals surface area contributed by atoms with E-state index in [1.165, 1.54) is 13.0 Å².